The molecule has 0 bridgehead atoms. The zero-order valence-corrected chi connectivity index (χ0v) is 12.6. The van der Waals surface area contributed by atoms with Crippen LogP contribution < -0.4 is 0 Å². The molecule has 5 nitrogen and oxygen atoms in total. The van der Waals surface area contributed by atoms with Crippen molar-refractivity contribution in [2.24, 2.45) is 0 Å². The lowest BCUT2D eigenvalue weighted by atomic mass is 9.91. The van der Waals surface area contributed by atoms with E-state index in [0.29, 0.717) is 17.2 Å². The van der Waals surface area contributed by atoms with Gasteiger partial charge in [-0.3, -0.25) is 0 Å². The van der Waals surface area contributed by atoms with Crippen molar-refractivity contribution >= 4 is 17.3 Å². The highest BCUT2D eigenvalue weighted by molar-refractivity contribution is 7.13. The minimum Gasteiger partial charge on any atom is -0.477 e. The first-order valence-corrected chi connectivity index (χ1v) is 7.15. The number of morpholine rings is 1. The third-order valence-electron chi connectivity index (χ3n) is 3.09. The van der Waals surface area contributed by atoms with Crippen molar-refractivity contribution in [3.05, 3.63) is 15.6 Å². The van der Waals surface area contributed by atoms with Crippen LogP contribution in [0.2, 0.25) is 0 Å². The number of ether oxygens (including phenoxy) is 1. The summed E-state index contributed by atoms with van der Waals surface area (Å²) in [5, 5.41) is 10.1. The number of likely N-dealkylation sites (N-methyl/N-ethyl adjacent to an activating group) is 1. The van der Waals surface area contributed by atoms with E-state index >= 15 is 0 Å². The van der Waals surface area contributed by atoms with E-state index in [9.17, 15) is 9.90 Å². The molecule has 0 amide bonds. The van der Waals surface area contributed by atoms with Crippen molar-refractivity contribution in [2.75, 3.05) is 26.7 Å². The molecule has 1 aliphatic rings. The topological polar surface area (TPSA) is 62.7 Å². The number of rotatable bonds is 2. The van der Waals surface area contributed by atoms with Crippen LogP contribution >= 0.6 is 11.3 Å². The Hall–Kier alpha value is -0.980. The fourth-order valence-corrected chi connectivity index (χ4v) is 3.21. The van der Waals surface area contributed by atoms with Crippen LogP contribution in [0.3, 0.4) is 0 Å². The first-order valence-electron chi connectivity index (χ1n) is 6.33. The van der Waals surface area contributed by atoms with Crippen LogP contribution in [0.5, 0.6) is 0 Å². The summed E-state index contributed by atoms with van der Waals surface area (Å²) in [7, 11) is 2.03. The monoisotopic (exact) mass is 284 g/mol. The van der Waals surface area contributed by atoms with Crippen LogP contribution in [-0.4, -0.2) is 47.7 Å². The first-order chi connectivity index (χ1) is 8.79. The summed E-state index contributed by atoms with van der Waals surface area (Å²) in [5.41, 5.74) is 0.375. The van der Waals surface area contributed by atoms with Crippen LogP contribution in [0.25, 0.3) is 0 Å². The molecular formula is C13H20N2O3S. The second kappa shape index (κ2) is 5.19. The summed E-state index contributed by atoms with van der Waals surface area (Å²) in [5.74, 6) is -0.905. The lowest BCUT2D eigenvalue weighted by Crippen LogP contribution is -2.35. The minimum absolute atomic E-state index is 0.113. The largest absolute Gasteiger partial charge is 0.477 e. The number of aromatic carboxylic acids is 1. The molecule has 1 aromatic heterocycles. The van der Waals surface area contributed by atoms with Crippen molar-refractivity contribution < 1.29 is 14.6 Å². The van der Waals surface area contributed by atoms with Gasteiger partial charge in [0.25, 0.3) is 0 Å². The van der Waals surface area contributed by atoms with Gasteiger partial charge in [0.15, 0.2) is 0 Å². The Labute approximate surface area is 117 Å². The summed E-state index contributed by atoms with van der Waals surface area (Å²) in [6.07, 6.45) is -0.113. The summed E-state index contributed by atoms with van der Waals surface area (Å²) < 4.78 is 5.71. The highest BCUT2D eigenvalue weighted by atomic mass is 32.1. The summed E-state index contributed by atoms with van der Waals surface area (Å²) in [6, 6.07) is 0. The summed E-state index contributed by atoms with van der Waals surface area (Å²) >= 11 is 1.24. The minimum atomic E-state index is -0.905. The maximum atomic E-state index is 11.3. The molecule has 1 aliphatic heterocycles. The van der Waals surface area contributed by atoms with Gasteiger partial charge in [0.05, 0.1) is 12.3 Å². The van der Waals surface area contributed by atoms with Crippen molar-refractivity contribution in [3.63, 3.8) is 0 Å². The van der Waals surface area contributed by atoms with E-state index in [1.165, 1.54) is 11.3 Å². The highest BCUT2D eigenvalue weighted by Crippen LogP contribution is 2.34. The van der Waals surface area contributed by atoms with Crippen LogP contribution in [0, 0.1) is 0 Å². The quantitative estimate of drug-likeness (QED) is 0.901. The molecule has 1 fully saturated rings. The van der Waals surface area contributed by atoms with Gasteiger partial charge in [-0.1, -0.05) is 20.8 Å². The Morgan fingerprint density at radius 2 is 2.21 bits per heavy atom. The zero-order chi connectivity index (χ0) is 14.2. The predicted octanol–water partition coefficient (Wildman–Crippen LogP) is 2.14. The Bertz CT molecular complexity index is 479. The molecule has 0 spiro atoms. The van der Waals surface area contributed by atoms with Gasteiger partial charge in [-0.25, -0.2) is 9.78 Å². The Morgan fingerprint density at radius 1 is 1.53 bits per heavy atom. The van der Waals surface area contributed by atoms with Gasteiger partial charge < -0.3 is 14.7 Å². The third-order valence-corrected chi connectivity index (χ3v) is 4.23. The normalized spacial score (nSPS) is 21.6. The Morgan fingerprint density at radius 3 is 2.68 bits per heavy atom. The van der Waals surface area contributed by atoms with Gasteiger partial charge in [-0.2, -0.15) is 0 Å². The smallest absolute Gasteiger partial charge is 0.347 e. The molecule has 1 N–H and O–H groups in total. The molecule has 2 rings (SSSR count). The Balaban J connectivity index is 2.35. The number of hydrogen-bond acceptors (Lipinski definition) is 5. The lowest BCUT2D eigenvalue weighted by molar-refractivity contribution is -0.0210. The second-order valence-electron chi connectivity index (χ2n) is 5.91. The van der Waals surface area contributed by atoms with Gasteiger partial charge >= 0.3 is 5.97 Å². The molecule has 1 saturated heterocycles. The third kappa shape index (κ3) is 3.13. The molecular weight excluding hydrogens is 264 g/mol. The van der Waals surface area contributed by atoms with Crippen LogP contribution in [0.1, 0.15) is 47.2 Å². The fraction of sp³-hybridized carbons (Fsp3) is 0.692. The van der Waals surface area contributed by atoms with Gasteiger partial charge in [0, 0.05) is 18.5 Å². The highest BCUT2D eigenvalue weighted by Gasteiger charge is 2.30. The molecule has 0 radical (unpaired) electrons. The molecule has 1 unspecified atom stereocenters. The molecule has 0 aliphatic carbocycles. The van der Waals surface area contributed by atoms with E-state index in [0.717, 1.165) is 18.1 Å². The van der Waals surface area contributed by atoms with Crippen molar-refractivity contribution in [1.82, 2.24) is 9.88 Å². The maximum Gasteiger partial charge on any atom is 0.347 e. The molecule has 1 atom stereocenters. The number of nitrogens with zero attached hydrogens (tertiary/aromatic N) is 2. The predicted molar refractivity (Wildman–Crippen MR) is 74.0 cm³/mol. The first kappa shape index (κ1) is 14.4. The molecule has 0 saturated carbocycles. The number of thiazole rings is 1. The standard InChI is InChI=1S/C13H20N2O3S/c1-13(2,3)10-9(12(16)17)19-11(14-10)8-7-15(4)5-6-18-8/h8H,5-7H2,1-4H3,(H,16,17). The van der Waals surface area contributed by atoms with Gasteiger partial charge in [-0.05, 0) is 7.05 Å². The van der Waals surface area contributed by atoms with Crippen LogP contribution in [0.4, 0.5) is 0 Å². The molecule has 6 heteroatoms. The van der Waals surface area contributed by atoms with Crippen molar-refractivity contribution in [1.29, 1.82) is 0 Å². The van der Waals surface area contributed by atoms with Gasteiger partial charge in [0.1, 0.15) is 16.0 Å². The second-order valence-corrected chi connectivity index (χ2v) is 6.94. The SMILES string of the molecule is CN1CCOC(c2nc(C(C)(C)C)c(C(=O)O)s2)C1. The molecule has 0 aromatic carbocycles. The lowest BCUT2D eigenvalue weighted by Gasteiger charge is -2.28. The number of carboxylic acids is 1. The van der Waals surface area contributed by atoms with E-state index < -0.39 is 5.97 Å². The molecule has 106 valence electrons. The average Bonchev–Trinajstić information content (AvgIpc) is 2.73. The van der Waals surface area contributed by atoms with Crippen molar-refractivity contribution in [3.8, 4) is 0 Å². The molecule has 19 heavy (non-hydrogen) atoms. The summed E-state index contributed by atoms with van der Waals surface area (Å²) in [4.78, 5) is 18.4. The zero-order valence-electron chi connectivity index (χ0n) is 11.8. The van der Waals surface area contributed by atoms with E-state index in [1.807, 2.05) is 27.8 Å². The molecule has 2 heterocycles. The average molecular weight is 284 g/mol. The van der Waals surface area contributed by atoms with E-state index in [2.05, 4.69) is 9.88 Å². The fourth-order valence-electron chi connectivity index (χ4n) is 2.05. The number of hydrogen-bond donors (Lipinski definition) is 1. The van der Waals surface area contributed by atoms with Gasteiger partial charge in [0.2, 0.25) is 0 Å². The van der Waals surface area contributed by atoms with E-state index in [-0.39, 0.29) is 11.5 Å². The van der Waals surface area contributed by atoms with E-state index in [1.54, 1.807) is 0 Å². The number of carboxylic acid groups (broad SMARTS) is 1. The number of aromatic nitrogens is 1. The van der Waals surface area contributed by atoms with Gasteiger partial charge in [-0.15, -0.1) is 11.3 Å². The Kier molecular flexibility index (Phi) is 3.94. The van der Waals surface area contributed by atoms with Crippen molar-refractivity contribution in [2.45, 2.75) is 32.3 Å². The number of carbonyl (C=O) groups is 1. The maximum absolute atomic E-state index is 11.3. The summed E-state index contributed by atoms with van der Waals surface area (Å²) in [6.45, 7) is 8.26. The van der Waals surface area contributed by atoms with Crippen LogP contribution in [-0.2, 0) is 10.2 Å². The molecule has 1 aromatic rings. The van der Waals surface area contributed by atoms with E-state index in [4.69, 9.17) is 4.74 Å². The van der Waals surface area contributed by atoms with Crippen LogP contribution in [0.15, 0.2) is 0 Å².